The summed E-state index contributed by atoms with van der Waals surface area (Å²) < 4.78 is 61.1. The van der Waals surface area contributed by atoms with E-state index in [1.807, 2.05) is 0 Å². The van der Waals surface area contributed by atoms with Crippen LogP contribution in [-0.4, -0.2) is 17.9 Å². The van der Waals surface area contributed by atoms with E-state index >= 15 is 0 Å². The molecule has 0 aromatic heterocycles. The van der Waals surface area contributed by atoms with Crippen LogP contribution < -0.4 is 0 Å². The number of carbonyl (C=O) groups is 1. The fourth-order valence-electron chi connectivity index (χ4n) is 1.56. The molecule has 0 N–H and O–H groups in total. The fraction of sp³-hybridized carbons (Fsp3) is 0.875. The van der Waals surface area contributed by atoms with E-state index in [-0.39, 0.29) is 19.3 Å². The molecule has 1 nitrogen and oxygen atoms in total. The maximum atomic E-state index is 12.7. The third-order valence-electron chi connectivity index (χ3n) is 2.37. The number of halogens is 5. The molecule has 14 heavy (non-hydrogen) atoms. The van der Waals surface area contributed by atoms with E-state index in [1.165, 1.54) is 0 Å². The number of ketones is 1. The SMILES string of the molecule is O=C1CCCCC1C(F)(F)C(F)(F)F. The van der Waals surface area contributed by atoms with Crippen LogP contribution >= 0.6 is 0 Å². The second kappa shape index (κ2) is 3.47. The molecule has 0 amide bonds. The topological polar surface area (TPSA) is 17.1 Å². The van der Waals surface area contributed by atoms with Crippen LogP contribution in [0.5, 0.6) is 0 Å². The predicted molar refractivity (Wildman–Crippen MR) is 38.0 cm³/mol. The van der Waals surface area contributed by atoms with Crippen LogP contribution in [0.25, 0.3) is 0 Å². The zero-order valence-electron chi connectivity index (χ0n) is 7.20. The highest BCUT2D eigenvalue weighted by atomic mass is 19.4. The van der Waals surface area contributed by atoms with Crippen molar-refractivity contribution in [3.63, 3.8) is 0 Å². The number of rotatable bonds is 1. The zero-order valence-corrected chi connectivity index (χ0v) is 7.20. The Morgan fingerprint density at radius 1 is 1.07 bits per heavy atom. The van der Waals surface area contributed by atoms with Crippen molar-refractivity contribution < 1.29 is 26.7 Å². The highest BCUT2D eigenvalue weighted by molar-refractivity contribution is 5.82. The molecule has 1 unspecified atom stereocenters. The van der Waals surface area contributed by atoms with Gasteiger partial charge in [-0.1, -0.05) is 6.42 Å². The zero-order chi connectivity index (χ0) is 11.0. The Morgan fingerprint density at radius 3 is 2.07 bits per heavy atom. The van der Waals surface area contributed by atoms with Crippen molar-refractivity contribution in [3.05, 3.63) is 0 Å². The normalized spacial score (nSPS) is 25.2. The van der Waals surface area contributed by atoms with Gasteiger partial charge in [0.2, 0.25) is 0 Å². The summed E-state index contributed by atoms with van der Waals surface area (Å²) in [5, 5.41) is 0. The minimum atomic E-state index is -5.62. The number of Topliss-reactive ketones (excluding diaryl/α,β-unsaturated/α-hetero) is 1. The van der Waals surface area contributed by atoms with Gasteiger partial charge in [0.05, 0.1) is 5.92 Å². The lowest BCUT2D eigenvalue weighted by atomic mass is 9.83. The van der Waals surface area contributed by atoms with Crippen LogP contribution in [-0.2, 0) is 4.79 Å². The molecule has 0 aromatic carbocycles. The standard InChI is InChI=1S/C8H9F5O/c9-7(10,8(11,12)13)5-3-1-2-4-6(5)14/h5H,1-4H2. The second-order valence-corrected chi connectivity index (χ2v) is 3.39. The molecule has 1 atom stereocenters. The lowest BCUT2D eigenvalue weighted by molar-refractivity contribution is -0.299. The first-order chi connectivity index (χ1) is 6.27. The van der Waals surface area contributed by atoms with Gasteiger partial charge in [0.25, 0.3) is 0 Å². The minimum Gasteiger partial charge on any atom is -0.299 e. The van der Waals surface area contributed by atoms with Crippen LogP contribution in [0.3, 0.4) is 0 Å². The Bertz CT molecular complexity index is 232. The first kappa shape index (κ1) is 11.4. The molecular formula is C8H9F5O. The summed E-state index contributed by atoms with van der Waals surface area (Å²) in [4.78, 5) is 10.9. The molecule has 0 spiro atoms. The molecule has 0 bridgehead atoms. The maximum Gasteiger partial charge on any atom is 0.454 e. The Balaban J connectivity index is 2.85. The highest BCUT2D eigenvalue weighted by Gasteiger charge is 2.63. The summed E-state index contributed by atoms with van der Waals surface area (Å²) in [7, 11) is 0. The molecule has 0 aliphatic heterocycles. The Kier molecular flexibility index (Phi) is 2.83. The van der Waals surface area contributed by atoms with E-state index in [9.17, 15) is 26.7 Å². The molecule has 6 heteroatoms. The van der Waals surface area contributed by atoms with E-state index in [0.717, 1.165) is 0 Å². The van der Waals surface area contributed by atoms with E-state index in [1.54, 1.807) is 0 Å². The van der Waals surface area contributed by atoms with Crippen LogP contribution in [0.15, 0.2) is 0 Å². The van der Waals surface area contributed by atoms with Crippen molar-refractivity contribution >= 4 is 5.78 Å². The number of alkyl halides is 5. The Morgan fingerprint density at radius 2 is 1.64 bits per heavy atom. The molecule has 0 saturated heterocycles. The van der Waals surface area contributed by atoms with Crippen molar-refractivity contribution in [2.24, 2.45) is 5.92 Å². The Hall–Kier alpha value is -0.680. The predicted octanol–water partition coefficient (Wildman–Crippen LogP) is 2.94. The highest BCUT2D eigenvalue weighted by Crippen LogP contribution is 2.45. The molecular weight excluding hydrogens is 207 g/mol. The quantitative estimate of drug-likeness (QED) is 0.616. The van der Waals surface area contributed by atoms with Crippen molar-refractivity contribution in [2.75, 3.05) is 0 Å². The average molecular weight is 216 g/mol. The summed E-state index contributed by atoms with van der Waals surface area (Å²) in [5.74, 6) is -8.01. The van der Waals surface area contributed by atoms with Crippen LogP contribution in [0.1, 0.15) is 25.7 Å². The molecule has 0 radical (unpaired) electrons. The third-order valence-corrected chi connectivity index (χ3v) is 2.37. The third kappa shape index (κ3) is 1.88. The van der Waals surface area contributed by atoms with Gasteiger partial charge in [-0.15, -0.1) is 0 Å². The summed E-state index contributed by atoms with van der Waals surface area (Å²) in [6, 6.07) is 0. The van der Waals surface area contributed by atoms with Gasteiger partial charge in [0, 0.05) is 6.42 Å². The Labute approximate surface area is 77.3 Å². The van der Waals surface area contributed by atoms with Crippen LogP contribution in [0.2, 0.25) is 0 Å². The van der Waals surface area contributed by atoms with E-state index in [2.05, 4.69) is 0 Å². The molecule has 0 aromatic rings. The van der Waals surface area contributed by atoms with Gasteiger partial charge in [-0.3, -0.25) is 4.79 Å². The van der Waals surface area contributed by atoms with Crippen molar-refractivity contribution in [3.8, 4) is 0 Å². The summed E-state index contributed by atoms with van der Waals surface area (Å²) in [5.41, 5.74) is 0. The van der Waals surface area contributed by atoms with Crippen molar-refractivity contribution in [1.82, 2.24) is 0 Å². The van der Waals surface area contributed by atoms with Crippen molar-refractivity contribution in [1.29, 1.82) is 0 Å². The van der Waals surface area contributed by atoms with E-state index in [0.29, 0.717) is 6.42 Å². The first-order valence-electron chi connectivity index (χ1n) is 4.24. The monoisotopic (exact) mass is 216 g/mol. The van der Waals surface area contributed by atoms with Crippen LogP contribution in [0, 0.1) is 5.92 Å². The molecule has 1 aliphatic carbocycles. The number of carbonyl (C=O) groups excluding carboxylic acids is 1. The van der Waals surface area contributed by atoms with Gasteiger partial charge in [-0.25, -0.2) is 0 Å². The summed E-state index contributed by atoms with van der Waals surface area (Å²) >= 11 is 0. The van der Waals surface area contributed by atoms with Gasteiger partial charge >= 0.3 is 12.1 Å². The maximum absolute atomic E-state index is 12.7. The molecule has 82 valence electrons. The van der Waals surface area contributed by atoms with Crippen LogP contribution in [0.4, 0.5) is 22.0 Å². The molecule has 1 rings (SSSR count). The lowest BCUT2D eigenvalue weighted by Crippen LogP contribution is -2.47. The fourth-order valence-corrected chi connectivity index (χ4v) is 1.56. The molecule has 1 saturated carbocycles. The van der Waals surface area contributed by atoms with E-state index in [4.69, 9.17) is 0 Å². The number of hydrogen-bond acceptors (Lipinski definition) is 1. The number of hydrogen-bond donors (Lipinski definition) is 0. The molecule has 1 aliphatic rings. The van der Waals surface area contributed by atoms with Gasteiger partial charge in [-0.05, 0) is 12.8 Å². The van der Waals surface area contributed by atoms with Gasteiger partial charge in [0.15, 0.2) is 0 Å². The first-order valence-corrected chi connectivity index (χ1v) is 4.24. The van der Waals surface area contributed by atoms with E-state index < -0.39 is 23.8 Å². The lowest BCUT2D eigenvalue weighted by Gasteiger charge is -2.29. The summed E-state index contributed by atoms with van der Waals surface area (Å²) in [6.45, 7) is 0. The smallest absolute Gasteiger partial charge is 0.299 e. The van der Waals surface area contributed by atoms with Crippen molar-refractivity contribution in [2.45, 2.75) is 37.8 Å². The van der Waals surface area contributed by atoms with Gasteiger partial charge in [-0.2, -0.15) is 22.0 Å². The average Bonchev–Trinajstić information content (AvgIpc) is 2.02. The summed E-state index contributed by atoms with van der Waals surface area (Å²) in [6.07, 6.45) is -5.50. The van der Waals surface area contributed by atoms with Gasteiger partial charge < -0.3 is 0 Å². The van der Waals surface area contributed by atoms with Gasteiger partial charge in [0.1, 0.15) is 5.78 Å². The molecule has 1 fully saturated rings. The molecule has 0 heterocycles. The minimum absolute atomic E-state index is 0.170. The largest absolute Gasteiger partial charge is 0.454 e. The second-order valence-electron chi connectivity index (χ2n) is 3.39.